The fourth-order valence-corrected chi connectivity index (χ4v) is 2.55. The fraction of sp³-hybridized carbons (Fsp3) is 0.300. The van der Waals surface area contributed by atoms with E-state index in [-0.39, 0.29) is 11.8 Å². The van der Waals surface area contributed by atoms with Crippen molar-refractivity contribution in [3.05, 3.63) is 64.7 Å². The number of rotatable bonds is 8. The highest BCUT2D eigenvalue weighted by Gasteiger charge is 2.06. The van der Waals surface area contributed by atoms with Crippen LogP contribution in [0.25, 0.3) is 0 Å². The lowest BCUT2D eigenvalue weighted by Crippen LogP contribution is -2.25. The van der Waals surface area contributed by atoms with Crippen LogP contribution in [0, 0.1) is 0 Å². The fourth-order valence-electron chi connectivity index (χ4n) is 2.42. The minimum atomic E-state index is -0.163. The van der Waals surface area contributed by atoms with Crippen LogP contribution in [0.1, 0.15) is 42.1 Å². The average molecular weight is 359 g/mol. The lowest BCUT2D eigenvalue weighted by atomic mass is 10.1. The number of hydrogen-bond acceptors (Lipinski definition) is 2. The molecule has 2 N–H and O–H groups in total. The Labute approximate surface area is 153 Å². The van der Waals surface area contributed by atoms with Gasteiger partial charge in [-0.05, 0) is 54.8 Å². The van der Waals surface area contributed by atoms with Crippen LogP contribution in [0.2, 0.25) is 5.02 Å². The molecule has 0 bridgehead atoms. The summed E-state index contributed by atoms with van der Waals surface area (Å²) < 4.78 is 0. The zero-order chi connectivity index (χ0) is 18.1. The Morgan fingerprint density at radius 1 is 1.00 bits per heavy atom. The number of nitrogens with one attached hydrogen (secondary N) is 2. The molecule has 2 amide bonds. The summed E-state index contributed by atoms with van der Waals surface area (Å²) in [6, 6.07) is 14.6. The molecule has 0 aliphatic heterocycles. The van der Waals surface area contributed by atoms with E-state index in [1.807, 2.05) is 24.3 Å². The van der Waals surface area contributed by atoms with E-state index < -0.39 is 0 Å². The molecule has 2 aromatic rings. The molecular weight excluding hydrogens is 336 g/mol. The van der Waals surface area contributed by atoms with E-state index in [1.54, 1.807) is 24.3 Å². The molecule has 0 aliphatic carbocycles. The van der Waals surface area contributed by atoms with Gasteiger partial charge in [0.15, 0.2) is 0 Å². The van der Waals surface area contributed by atoms with Gasteiger partial charge in [-0.1, -0.05) is 37.1 Å². The van der Waals surface area contributed by atoms with E-state index in [9.17, 15) is 9.59 Å². The molecule has 0 heterocycles. The van der Waals surface area contributed by atoms with Crippen LogP contribution >= 0.6 is 11.6 Å². The summed E-state index contributed by atoms with van der Waals surface area (Å²) in [7, 11) is 0. The number of benzene rings is 2. The largest absolute Gasteiger partial charge is 0.352 e. The Kier molecular flexibility index (Phi) is 7.48. The first kappa shape index (κ1) is 19.0. The van der Waals surface area contributed by atoms with Crippen molar-refractivity contribution in [3.63, 3.8) is 0 Å². The smallest absolute Gasteiger partial charge is 0.251 e. The second kappa shape index (κ2) is 9.84. The maximum atomic E-state index is 11.9. The lowest BCUT2D eigenvalue weighted by Gasteiger charge is -2.07. The van der Waals surface area contributed by atoms with Crippen LogP contribution in [-0.4, -0.2) is 18.4 Å². The molecule has 5 heteroatoms. The Balaban J connectivity index is 1.68. The minimum Gasteiger partial charge on any atom is -0.352 e. The molecule has 4 nitrogen and oxygen atoms in total. The first-order chi connectivity index (χ1) is 12.1. The standard InChI is InChI=1S/C20H23ClN2O2/c1-2-4-15-6-12-18(13-7-15)23-19(24)5-3-14-22-20(25)16-8-10-17(21)11-9-16/h6-13H,2-5,14H2,1H3,(H,22,25)(H,23,24). The molecule has 2 aromatic carbocycles. The molecular formula is C20H23ClN2O2. The number of carbonyl (C=O) groups excluding carboxylic acids is 2. The van der Waals surface area contributed by atoms with Crippen molar-refractivity contribution < 1.29 is 9.59 Å². The van der Waals surface area contributed by atoms with Gasteiger partial charge >= 0.3 is 0 Å². The molecule has 0 aliphatic rings. The predicted molar refractivity (Wildman–Crippen MR) is 102 cm³/mol. The highest BCUT2D eigenvalue weighted by Crippen LogP contribution is 2.12. The van der Waals surface area contributed by atoms with Gasteiger partial charge in [0.05, 0.1) is 0 Å². The van der Waals surface area contributed by atoms with Gasteiger partial charge in [0, 0.05) is 29.2 Å². The Bertz CT molecular complexity index is 697. The van der Waals surface area contributed by atoms with Crippen molar-refractivity contribution in [2.24, 2.45) is 0 Å². The third-order valence-electron chi connectivity index (χ3n) is 3.75. The normalized spacial score (nSPS) is 10.3. The first-order valence-electron chi connectivity index (χ1n) is 8.51. The van der Waals surface area contributed by atoms with Crippen molar-refractivity contribution in [1.82, 2.24) is 5.32 Å². The van der Waals surface area contributed by atoms with E-state index >= 15 is 0 Å². The molecule has 0 aromatic heterocycles. The average Bonchev–Trinajstić information content (AvgIpc) is 2.61. The van der Waals surface area contributed by atoms with Crippen LogP contribution in [0.4, 0.5) is 5.69 Å². The Hall–Kier alpha value is -2.33. The zero-order valence-electron chi connectivity index (χ0n) is 14.3. The van der Waals surface area contributed by atoms with Crippen molar-refractivity contribution in [3.8, 4) is 0 Å². The number of halogens is 1. The summed E-state index contributed by atoms with van der Waals surface area (Å²) in [6.07, 6.45) is 3.09. The highest BCUT2D eigenvalue weighted by molar-refractivity contribution is 6.30. The van der Waals surface area contributed by atoms with Crippen molar-refractivity contribution in [2.45, 2.75) is 32.6 Å². The molecule has 0 radical (unpaired) electrons. The predicted octanol–water partition coefficient (Wildman–Crippen LogP) is 4.44. The van der Waals surface area contributed by atoms with Crippen LogP contribution in [0.3, 0.4) is 0 Å². The number of hydrogen-bond donors (Lipinski definition) is 2. The van der Waals surface area contributed by atoms with E-state index in [4.69, 9.17) is 11.6 Å². The second-order valence-corrected chi connectivity index (χ2v) is 6.30. The third kappa shape index (κ3) is 6.59. The van der Waals surface area contributed by atoms with Gasteiger partial charge in [0.2, 0.25) is 5.91 Å². The van der Waals surface area contributed by atoms with E-state index in [2.05, 4.69) is 17.6 Å². The van der Waals surface area contributed by atoms with Gasteiger partial charge in [-0.25, -0.2) is 0 Å². The van der Waals surface area contributed by atoms with Gasteiger partial charge in [0.25, 0.3) is 5.91 Å². The van der Waals surface area contributed by atoms with Gasteiger partial charge in [0.1, 0.15) is 0 Å². The first-order valence-corrected chi connectivity index (χ1v) is 8.89. The molecule has 132 valence electrons. The molecule has 0 unspecified atom stereocenters. The third-order valence-corrected chi connectivity index (χ3v) is 4.00. The second-order valence-electron chi connectivity index (χ2n) is 5.86. The Morgan fingerprint density at radius 3 is 2.32 bits per heavy atom. The topological polar surface area (TPSA) is 58.2 Å². The molecule has 0 saturated heterocycles. The SMILES string of the molecule is CCCc1ccc(NC(=O)CCCNC(=O)c2ccc(Cl)cc2)cc1. The highest BCUT2D eigenvalue weighted by atomic mass is 35.5. The van der Waals surface area contributed by atoms with Crippen molar-refractivity contribution >= 4 is 29.1 Å². The summed E-state index contributed by atoms with van der Waals surface area (Å²) in [5.41, 5.74) is 2.63. The number of amides is 2. The number of anilines is 1. The molecule has 2 rings (SSSR count). The monoisotopic (exact) mass is 358 g/mol. The van der Waals surface area contributed by atoms with Gasteiger partial charge in [-0.2, -0.15) is 0 Å². The summed E-state index contributed by atoms with van der Waals surface area (Å²) in [4.78, 5) is 23.9. The lowest BCUT2D eigenvalue weighted by molar-refractivity contribution is -0.116. The molecule has 0 spiro atoms. The molecule has 25 heavy (non-hydrogen) atoms. The summed E-state index contributed by atoms with van der Waals surface area (Å²) >= 11 is 5.79. The van der Waals surface area contributed by atoms with E-state index in [0.717, 1.165) is 18.5 Å². The minimum absolute atomic E-state index is 0.0519. The Morgan fingerprint density at radius 2 is 1.68 bits per heavy atom. The van der Waals surface area contributed by atoms with Crippen LogP contribution < -0.4 is 10.6 Å². The molecule has 0 atom stereocenters. The zero-order valence-corrected chi connectivity index (χ0v) is 15.1. The quantitative estimate of drug-likeness (QED) is 0.685. The van der Waals surface area contributed by atoms with Gasteiger partial charge < -0.3 is 10.6 Å². The van der Waals surface area contributed by atoms with Crippen LogP contribution in [0.15, 0.2) is 48.5 Å². The van der Waals surface area contributed by atoms with E-state index in [1.165, 1.54) is 5.56 Å². The summed E-state index contributed by atoms with van der Waals surface area (Å²) in [5, 5.41) is 6.26. The summed E-state index contributed by atoms with van der Waals surface area (Å²) in [6.45, 7) is 2.59. The van der Waals surface area contributed by atoms with Crippen LogP contribution in [0.5, 0.6) is 0 Å². The van der Waals surface area contributed by atoms with Gasteiger partial charge in [-0.15, -0.1) is 0 Å². The number of carbonyl (C=O) groups is 2. The number of aryl methyl sites for hydroxylation is 1. The van der Waals surface area contributed by atoms with Crippen molar-refractivity contribution in [2.75, 3.05) is 11.9 Å². The maximum absolute atomic E-state index is 11.9. The van der Waals surface area contributed by atoms with Crippen LogP contribution in [-0.2, 0) is 11.2 Å². The van der Waals surface area contributed by atoms with Crippen molar-refractivity contribution in [1.29, 1.82) is 0 Å². The van der Waals surface area contributed by atoms with E-state index in [0.29, 0.717) is 30.0 Å². The maximum Gasteiger partial charge on any atom is 0.251 e. The molecule has 0 fully saturated rings. The molecule has 0 saturated carbocycles. The van der Waals surface area contributed by atoms with Gasteiger partial charge in [-0.3, -0.25) is 9.59 Å². The summed E-state index contributed by atoms with van der Waals surface area (Å²) in [5.74, 6) is -0.215.